The highest BCUT2D eigenvalue weighted by Crippen LogP contribution is 2.26. The predicted octanol–water partition coefficient (Wildman–Crippen LogP) is 3.97. The predicted molar refractivity (Wildman–Crippen MR) is 120 cm³/mol. The van der Waals surface area contributed by atoms with Gasteiger partial charge < -0.3 is 14.8 Å². The molecule has 0 saturated carbocycles. The second kappa shape index (κ2) is 9.01. The fourth-order valence-electron chi connectivity index (χ4n) is 3.02. The van der Waals surface area contributed by atoms with E-state index in [1.54, 1.807) is 17.6 Å². The number of ether oxygens (including phenoxy) is 2. The van der Waals surface area contributed by atoms with E-state index in [1.807, 2.05) is 50.2 Å². The number of amides is 1. The van der Waals surface area contributed by atoms with Crippen molar-refractivity contribution in [3.8, 4) is 11.5 Å². The van der Waals surface area contributed by atoms with Crippen molar-refractivity contribution in [2.45, 2.75) is 20.5 Å². The Morgan fingerprint density at radius 2 is 1.94 bits per heavy atom. The average Bonchev–Trinajstić information content (AvgIpc) is 3.21. The summed E-state index contributed by atoms with van der Waals surface area (Å²) < 4.78 is 12.9. The number of aromatic nitrogens is 2. The number of rotatable bonds is 7. The SMILES string of the molecule is Cc1cccc(OCC(=O)Nc2cc(C)ccc2OCc2cc(=O)n3ccsc3n2)c1. The zero-order valence-corrected chi connectivity index (χ0v) is 17.9. The molecule has 7 nitrogen and oxygen atoms in total. The summed E-state index contributed by atoms with van der Waals surface area (Å²) in [5.74, 6) is 0.827. The summed E-state index contributed by atoms with van der Waals surface area (Å²) in [6.07, 6.45) is 1.69. The Hall–Kier alpha value is -3.65. The maximum atomic E-state index is 12.4. The Labute approximate surface area is 182 Å². The first-order valence-electron chi connectivity index (χ1n) is 9.66. The van der Waals surface area contributed by atoms with Crippen molar-refractivity contribution in [2.75, 3.05) is 11.9 Å². The van der Waals surface area contributed by atoms with Crippen molar-refractivity contribution in [2.24, 2.45) is 0 Å². The van der Waals surface area contributed by atoms with Crippen molar-refractivity contribution in [1.29, 1.82) is 0 Å². The molecular weight excluding hydrogens is 414 g/mol. The highest BCUT2D eigenvalue weighted by atomic mass is 32.1. The van der Waals surface area contributed by atoms with Gasteiger partial charge in [-0.25, -0.2) is 4.98 Å². The molecular formula is C23H21N3O4S. The summed E-state index contributed by atoms with van der Waals surface area (Å²) in [4.78, 5) is 29.6. The van der Waals surface area contributed by atoms with Gasteiger partial charge in [-0.05, 0) is 49.2 Å². The number of aryl methyl sites for hydroxylation is 2. The van der Waals surface area contributed by atoms with Crippen molar-refractivity contribution in [1.82, 2.24) is 9.38 Å². The molecule has 8 heteroatoms. The standard InChI is InChI=1S/C23H21N3O4S/c1-15-4-3-5-18(10-15)29-14-21(27)25-19-11-16(2)6-7-20(19)30-13-17-12-22(28)26-8-9-31-23(26)24-17/h3-12H,13-14H2,1-2H3,(H,25,27). The van der Waals surface area contributed by atoms with Gasteiger partial charge in [-0.1, -0.05) is 18.2 Å². The molecule has 0 aliphatic carbocycles. The molecule has 0 spiro atoms. The lowest BCUT2D eigenvalue weighted by atomic mass is 10.2. The number of hydrogen-bond donors (Lipinski definition) is 1. The lowest BCUT2D eigenvalue weighted by Gasteiger charge is -2.14. The molecule has 158 valence electrons. The Kier molecular flexibility index (Phi) is 5.99. The van der Waals surface area contributed by atoms with Gasteiger partial charge in [0.2, 0.25) is 0 Å². The molecule has 0 bridgehead atoms. The molecule has 31 heavy (non-hydrogen) atoms. The summed E-state index contributed by atoms with van der Waals surface area (Å²) in [5.41, 5.74) is 2.93. The van der Waals surface area contributed by atoms with Crippen LogP contribution >= 0.6 is 11.3 Å². The summed E-state index contributed by atoms with van der Waals surface area (Å²) in [6, 6.07) is 14.5. The van der Waals surface area contributed by atoms with Gasteiger partial charge in [0, 0.05) is 17.6 Å². The van der Waals surface area contributed by atoms with Gasteiger partial charge in [-0.3, -0.25) is 14.0 Å². The van der Waals surface area contributed by atoms with Crippen LogP contribution in [-0.4, -0.2) is 21.9 Å². The number of hydrogen-bond acceptors (Lipinski definition) is 6. The van der Waals surface area contributed by atoms with Gasteiger partial charge in [0.1, 0.15) is 18.1 Å². The number of carbonyl (C=O) groups is 1. The lowest BCUT2D eigenvalue weighted by molar-refractivity contribution is -0.118. The van der Waals surface area contributed by atoms with Crippen LogP contribution in [0.3, 0.4) is 0 Å². The Morgan fingerprint density at radius 3 is 2.77 bits per heavy atom. The minimum Gasteiger partial charge on any atom is -0.485 e. The molecule has 4 aromatic rings. The van der Waals surface area contributed by atoms with Crippen LogP contribution in [-0.2, 0) is 11.4 Å². The minimum atomic E-state index is -0.298. The number of carbonyl (C=O) groups excluding carboxylic acids is 1. The average molecular weight is 436 g/mol. The highest BCUT2D eigenvalue weighted by molar-refractivity contribution is 7.15. The number of anilines is 1. The molecule has 0 radical (unpaired) electrons. The van der Waals surface area contributed by atoms with Gasteiger partial charge >= 0.3 is 0 Å². The van der Waals surface area contributed by atoms with Gasteiger partial charge in [0.25, 0.3) is 11.5 Å². The molecule has 4 rings (SSSR count). The summed E-state index contributed by atoms with van der Waals surface area (Å²) in [5, 5.41) is 4.64. The van der Waals surface area contributed by atoms with E-state index in [1.165, 1.54) is 21.8 Å². The maximum Gasteiger partial charge on any atom is 0.262 e. The molecule has 0 saturated heterocycles. The third kappa shape index (κ3) is 5.10. The highest BCUT2D eigenvalue weighted by Gasteiger charge is 2.11. The normalized spacial score (nSPS) is 10.8. The second-order valence-electron chi connectivity index (χ2n) is 7.08. The molecule has 0 fully saturated rings. The van der Waals surface area contributed by atoms with E-state index in [0.717, 1.165) is 11.1 Å². The fourth-order valence-corrected chi connectivity index (χ4v) is 3.76. The molecule has 0 aliphatic heterocycles. The third-order valence-electron chi connectivity index (χ3n) is 4.50. The lowest BCUT2D eigenvalue weighted by Crippen LogP contribution is -2.21. The number of thiazole rings is 1. The summed E-state index contributed by atoms with van der Waals surface area (Å²) in [7, 11) is 0. The van der Waals surface area contributed by atoms with E-state index in [-0.39, 0.29) is 24.7 Å². The van der Waals surface area contributed by atoms with Gasteiger partial charge in [-0.15, -0.1) is 11.3 Å². The van der Waals surface area contributed by atoms with Crippen LogP contribution in [0.4, 0.5) is 5.69 Å². The van der Waals surface area contributed by atoms with Crippen molar-refractivity contribution >= 4 is 27.9 Å². The van der Waals surface area contributed by atoms with Crippen molar-refractivity contribution in [3.63, 3.8) is 0 Å². The van der Waals surface area contributed by atoms with E-state index >= 15 is 0 Å². The van der Waals surface area contributed by atoms with E-state index in [2.05, 4.69) is 10.3 Å². The van der Waals surface area contributed by atoms with Crippen LogP contribution in [0, 0.1) is 13.8 Å². The molecule has 0 aliphatic rings. The van der Waals surface area contributed by atoms with Crippen LogP contribution in [0.1, 0.15) is 16.8 Å². The molecule has 1 amide bonds. The third-order valence-corrected chi connectivity index (χ3v) is 5.26. The summed E-state index contributed by atoms with van der Waals surface area (Å²) >= 11 is 1.38. The molecule has 2 aromatic carbocycles. The number of benzene rings is 2. The van der Waals surface area contributed by atoms with Gasteiger partial charge in [-0.2, -0.15) is 0 Å². The summed E-state index contributed by atoms with van der Waals surface area (Å²) in [6.45, 7) is 3.87. The number of nitrogens with zero attached hydrogens (tertiary/aromatic N) is 2. The topological polar surface area (TPSA) is 81.9 Å². The minimum absolute atomic E-state index is 0.107. The first kappa shape index (κ1) is 20.6. The van der Waals surface area contributed by atoms with Crippen molar-refractivity contribution in [3.05, 3.63) is 87.3 Å². The first-order valence-corrected chi connectivity index (χ1v) is 10.5. The van der Waals surface area contributed by atoms with E-state index in [9.17, 15) is 9.59 Å². The second-order valence-corrected chi connectivity index (χ2v) is 7.96. The largest absolute Gasteiger partial charge is 0.485 e. The zero-order valence-electron chi connectivity index (χ0n) is 17.1. The molecule has 1 N–H and O–H groups in total. The molecule has 2 aromatic heterocycles. The Morgan fingerprint density at radius 1 is 1.10 bits per heavy atom. The number of nitrogens with one attached hydrogen (secondary N) is 1. The number of fused-ring (bicyclic) bond motifs is 1. The van der Waals surface area contributed by atoms with Crippen LogP contribution in [0.15, 0.2) is 64.9 Å². The molecule has 0 atom stereocenters. The Balaban J connectivity index is 1.44. The molecule has 2 heterocycles. The first-order chi connectivity index (χ1) is 15.0. The monoisotopic (exact) mass is 435 g/mol. The van der Waals surface area contributed by atoms with Gasteiger partial charge in [0.15, 0.2) is 11.6 Å². The quantitative estimate of drug-likeness (QED) is 0.475. The van der Waals surface area contributed by atoms with Crippen LogP contribution < -0.4 is 20.3 Å². The smallest absolute Gasteiger partial charge is 0.262 e. The van der Waals surface area contributed by atoms with E-state index in [4.69, 9.17) is 9.47 Å². The van der Waals surface area contributed by atoms with E-state index in [0.29, 0.717) is 27.8 Å². The molecule has 0 unspecified atom stereocenters. The van der Waals surface area contributed by atoms with Crippen LogP contribution in [0.25, 0.3) is 4.96 Å². The fraction of sp³-hybridized carbons (Fsp3) is 0.174. The van der Waals surface area contributed by atoms with E-state index < -0.39 is 0 Å². The van der Waals surface area contributed by atoms with Gasteiger partial charge in [0.05, 0.1) is 11.4 Å². The van der Waals surface area contributed by atoms with Crippen LogP contribution in [0.5, 0.6) is 11.5 Å². The Bertz CT molecular complexity index is 1300. The maximum absolute atomic E-state index is 12.4. The zero-order chi connectivity index (χ0) is 21.8. The van der Waals surface area contributed by atoms with Crippen molar-refractivity contribution < 1.29 is 14.3 Å². The van der Waals surface area contributed by atoms with Crippen LogP contribution in [0.2, 0.25) is 0 Å².